The normalized spacial score (nSPS) is 28.9. The summed E-state index contributed by atoms with van der Waals surface area (Å²) in [6.45, 7) is 3.09. The predicted octanol–water partition coefficient (Wildman–Crippen LogP) is 3.06. The number of hydrogen-bond donors (Lipinski definition) is 2. The molecule has 6 nitrogen and oxygen atoms in total. The van der Waals surface area contributed by atoms with Gasteiger partial charge in [-0.1, -0.05) is 18.6 Å². The number of guanidine groups is 1. The van der Waals surface area contributed by atoms with Crippen LogP contribution in [0.2, 0.25) is 0 Å². The van der Waals surface area contributed by atoms with E-state index in [1.54, 1.807) is 6.20 Å². The molecule has 0 radical (unpaired) electrons. The van der Waals surface area contributed by atoms with Crippen LogP contribution in [-0.4, -0.2) is 41.5 Å². The number of aromatic nitrogens is 2. The SMILES string of the molecule is CN=C(NC(C)c1cccc(-n2cccn2)c1)NC1C2CCOC2C12CCC2. The van der Waals surface area contributed by atoms with Gasteiger partial charge in [-0.15, -0.1) is 0 Å². The lowest BCUT2D eigenvalue weighted by Gasteiger charge is -2.63. The van der Waals surface area contributed by atoms with Crippen molar-refractivity contribution in [2.45, 2.75) is 50.8 Å². The number of ether oxygens (including phenoxy) is 1. The molecule has 2 heterocycles. The lowest BCUT2D eigenvalue weighted by molar-refractivity contribution is -0.171. The van der Waals surface area contributed by atoms with E-state index in [1.165, 1.54) is 31.2 Å². The first-order chi connectivity index (χ1) is 13.7. The molecule has 5 rings (SSSR count). The molecular formula is C22H29N5O. The molecule has 0 amide bonds. The zero-order chi connectivity index (χ0) is 19.1. The fourth-order valence-corrected chi connectivity index (χ4v) is 5.42. The minimum Gasteiger partial charge on any atom is -0.377 e. The van der Waals surface area contributed by atoms with Crippen molar-refractivity contribution in [2.75, 3.05) is 13.7 Å². The van der Waals surface area contributed by atoms with Crippen LogP contribution < -0.4 is 10.6 Å². The maximum absolute atomic E-state index is 6.05. The Bertz CT molecular complexity index is 858. The molecule has 0 bridgehead atoms. The average Bonchev–Trinajstić information content (AvgIpc) is 3.35. The third kappa shape index (κ3) is 2.73. The van der Waals surface area contributed by atoms with Crippen molar-refractivity contribution < 1.29 is 4.74 Å². The second-order valence-corrected chi connectivity index (χ2v) is 8.44. The molecular weight excluding hydrogens is 350 g/mol. The quantitative estimate of drug-likeness (QED) is 0.633. The third-order valence-electron chi connectivity index (χ3n) is 7.04. The molecule has 2 saturated carbocycles. The highest BCUT2D eigenvalue weighted by molar-refractivity contribution is 5.80. The van der Waals surface area contributed by atoms with Crippen LogP contribution >= 0.6 is 0 Å². The third-order valence-corrected chi connectivity index (χ3v) is 7.04. The summed E-state index contributed by atoms with van der Waals surface area (Å²) in [6.07, 6.45) is 9.30. The number of rotatable bonds is 4. The molecule has 3 fully saturated rings. The molecule has 2 aliphatic carbocycles. The molecule has 2 aromatic rings. The van der Waals surface area contributed by atoms with Gasteiger partial charge in [-0.05, 0) is 49.9 Å². The van der Waals surface area contributed by atoms with Gasteiger partial charge < -0.3 is 15.4 Å². The van der Waals surface area contributed by atoms with Crippen molar-refractivity contribution in [2.24, 2.45) is 16.3 Å². The molecule has 1 aromatic carbocycles. The van der Waals surface area contributed by atoms with E-state index in [1.807, 2.05) is 24.0 Å². The average molecular weight is 380 g/mol. The minimum atomic E-state index is 0.148. The molecule has 1 spiro atoms. The minimum absolute atomic E-state index is 0.148. The summed E-state index contributed by atoms with van der Waals surface area (Å²) in [7, 11) is 1.86. The maximum atomic E-state index is 6.05. The molecule has 28 heavy (non-hydrogen) atoms. The summed E-state index contributed by atoms with van der Waals surface area (Å²) in [5, 5.41) is 11.7. The molecule has 6 heteroatoms. The molecule has 3 aliphatic rings. The zero-order valence-electron chi connectivity index (χ0n) is 16.6. The van der Waals surface area contributed by atoms with E-state index in [4.69, 9.17) is 4.74 Å². The largest absolute Gasteiger partial charge is 0.377 e. The van der Waals surface area contributed by atoms with Crippen LogP contribution in [0.5, 0.6) is 0 Å². The molecule has 4 atom stereocenters. The van der Waals surface area contributed by atoms with Gasteiger partial charge in [-0.25, -0.2) is 4.68 Å². The Hall–Kier alpha value is -2.34. The van der Waals surface area contributed by atoms with Gasteiger partial charge in [0, 0.05) is 43.4 Å². The van der Waals surface area contributed by atoms with E-state index in [-0.39, 0.29) is 6.04 Å². The van der Waals surface area contributed by atoms with Gasteiger partial charge in [0.25, 0.3) is 0 Å². The van der Waals surface area contributed by atoms with Crippen molar-refractivity contribution >= 4 is 5.96 Å². The summed E-state index contributed by atoms with van der Waals surface area (Å²) in [5.41, 5.74) is 2.63. The van der Waals surface area contributed by atoms with E-state index < -0.39 is 0 Å². The summed E-state index contributed by atoms with van der Waals surface area (Å²) in [4.78, 5) is 4.52. The standard InChI is InChI=1S/C22H29N5O/c1-15(16-6-3-7-17(14-16)27-12-5-11-24-27)25-21(23-2)26-19-18-8-13-28-20(18)22(19)9-4-10-22/h3,5-7,11-12,14-15,18-20H,4,8-10,13H2,1-2H3,(H2,23,25,26). The first kappa shape index (κ1) is 17.7. The van der Waals surface area contributed by atoms with E-state index in [2.05, 4.69) is 51.9 Å². The maximum Gasteiger partial charge on any atom is 0.191 e. The Morgan fingerprint density at radius 2 is 2.25 bits per heavy atom. The Morgan fingerprint density at radius 1 is 1.36 bits per heavy atom. The number of nitrogens with zero attached hydrogens (tertiary/aromatic N) is 3. The van der Waals surface area contributed by atoms with Crippen LogP contribution in [0.1, 0.15) is 44.2 Å². The Balaban J connectivity index is 1.28. The van der Waals surface area contributed by atoms with E-state index in [0.29, 0.717) is 23.5 Å². The van der Waals surface area contributed by atoms with E-state index in [0.717, 1.165) is 18.3 Å². The Labute approximate surface area is 166 Å². The van der Waals surface area contributed by atoms with Gasteiger partial charge >= 0.3 is 0 Å². The molecule has 4 unspecified atom stereocenters. The lowest BCUT2D eigenvalue weighted by Crippen LogP contribution is -2.72. The summed E-state index contributed by atoms with van der Waals surface area (Å²) in [5.74, 6) is 1.52. The van der Waals surface area contributed by atoms with Gasteiger partial charge in [0.15, 0.2) is 5.96 Å². The molecule has 1 aliphatic heterocycles. The number of fused-ring (bicyclic) bond motifs is 2. The van der Waals surface area contributed by atoms with Gasteiger partial charge in [0.1, 0.15) is 0 Å². The number of aliphatic imine (C=N–C) groups is 1. The molecule has 2 N–H and O–H groups in total. The molecule has 1 aromatic heterocycles. The smallest absolute Gasteiger partial charge is 0.191 e. The van der Waals surface area contributed by atoms with Crippen molar-refractivity contribution in [3.05, 3.63) is 48.3 Å². The number of nitrogens with one attached hydrogen (secondary N) is 2. The van der Waals surface area contributed by atoms with Crippen molar-refractivity contribution in [1.29, 1.82) is 0 Å². The van der Waals surface area contributed by atoms with Gasteiger partial charge in [0.2, 0.25) is 0 Å². The Kier molecular flexibility index (Phi) is 4.38. The second-order valence-electron chi connectivity index (χ2n) is 8.44. The summed E-state index contributed by atoms with van der Waals surface area (Å²) < 4.78 is 7.93. The second kappa shape index (κ2) is 6.92. The van der Waals surface area contributed by atoms with Crippen LogP contribution in [-0.2, 0) is 4.74 Å². The fraction of sp³-hybridized carbons (Fsp3) is 0.545. The van der Waals surface area contributed by atoms with Crippen LogP contribution in [0, 0.1) is 11.3 Å². The van der Waals surface area contributed by atoms with Gasteiger partial charge in [-0.2, -0.15) is 5.10 Å². The van der Waals surface area contributed by atoms with Gasteiger partial charge in [-0.3, -0.25) is 4.99 Å². The highest BCUT2D eigenvalue weighted by Gasteiger charge is 2.66. The number of hydrogen-bond acceptors (Lipinski definition) is 3. The van der Waals surface area contributed by atoms with Crippen molar-refractivity contribution in [1.82, 2.24) is 20.4 Å². The van der Waals surface area contributed by atoms with E-state index >= 15 is 0 Å². The highest BCUT2D eigenvalue weighted by atomic mass is 16.5. The number of benzene rings is 1. The zero-order valence-corrected chi connectivity index (χ0v) is 16.6. The van der Waals surface area contributed by atoms with Crippen molar-refractivity contribution in [3.8, 4) is 5.69 Å². The van der Waals surface area contributed by atoms with Crippen LogP contribution in [0.25, 0.3) is 5.69 Å². The first-order valence-electron chi connectivity index (χ1n) is 10.4. The molecule has 1 saturated heterocycles. The van der Waals surface area contributed by atoms with Crippen LogP contribution in [0.3, 0.4) is 0 Å². The summed E-state index contributed by atoms with van der Waals surface area (Å²) >= 11 is 0. The van der Waals surface area contributed by atoms with Crippen LogP contribution in [0.4, 0.5) is 0 Å². The van der Waals surface area contributed by atoms with Crippen molar-refractivity contribution in [3.63, 3.8) is 0 Å². The first-order valence-corrected chi connectivity index (χ1v) is 10.4. The summed E-state index contributed by atoms with van der Waals surface area (Å²) in [6, 6.07) is 11.1. The molecule has 148 valence electrons. The van der Waals surface area contributed by atoms with E-state index in [9.17, 15) is 0 Å². The monoisotopic (exact) mass is 379 g/mol. The highest BCUT2D eigenvalue weighted by Crippen LogP contribution is 2.62. The fourth-order valence-electron chi connectivity index (χ4n) is 5.42. The van der Waals surface area contributed by atoms with Gasteiger partial charge in [0.05, 0.1) is 17.8 Å². The lowest BCUT2D eigenvalue weighted by atomic mass is 9.46. The topological polar surface area (TPSA) is 63.5 Å². The predicted molar refractivity (Wildman–Crippen MR) is 110 cm³/mol. The van der Waals surface area contributed by atoms with Crippen LogP contribution in [0.15, 0.2) is 47.7 Å². The Morgan fingerprint density at radius 3 is 2.96 bits per heavy atom.